The molecule has 7 nitrogen and oxygen atoms in total. The quantitative estimate of drug-likeness (QED) is 0.345. The second-order valence-electron chi connectivity index (χ2n) is 7.42. The summed E-state index contributed by atoms with van der Waals surface area (Å²) in [5.41, 5.74) is 3.40. The highest BCUT2D eigenvalue weighted by atomic mass is 16.5. The predicted molar refractivity (Wildman–Crippen MR) is 120 cm³/mol. The number of likely N-dealkylation sites (N-methyl/N-ethyl adjacent to an activating group) is 1. The van der Waals surface area contributed by atoms with Crippen molar-refractivity contribution >= 4 is 5.96 Å². The summed E-state index contributed by atoms with van der Waals surface area (Å²) in [5, 5.41) is 11.2. The van der Waals surface area contributed by atoms with Crippen LogP contribution in [0.25, 0.3) is 0 Å². The molecule has 2 rings (SSSR count). The molecule has 1 heterocycles. The molecule has 0 unspecified atom stereocenters. The first-order valence-corrected chi connectivity index (χ1v) is 10.4. The fraction of sp³-hybridized carbons (Fsp3) is 0.545. The van der Waals surface area contributed by atoms with Gasteiger partial charge in [0, 0.05) is 31.9 Å². The van der Waals surface area contributed by atoms with E-state index in [1.54, 1.807) is 0 Å². The first kappa shape index (κ1) is 22.7. The van der Waals surface area contributed by atoms with Crippen molar-refractivity contribution < 1.29 is 4.74 Å². The van der Waals surface area contributed by atoms with Crippen molar-refractivity contribution in [2.24, 2.45) is 4.99 Å². The molecule has 160 valence electrons. The number of hydrogen-bond acceptors (Lipinski definition) is 4. The summed E-state index contributed by atoms with van der Waals surface area (Å²) in [6.45, 7) is 11.0. The van der Waals surface area contributed by atoms with Crippen LogP contribution in [0, 0.1) is 13.8 Å². The van der Waals surface area contributed by atoms with Gasteiger partial charge in [-0.1, -0.05) is 12.1 Å². The highest BCUT2D eigenvalue weighted by molar-refractivity contribution is 5.79. The summed E-state index contributed by atoms with van der Waals surface area (Å²) in [6.07, 6.45) is 0.988. The zero-order valence-electron chi connectivity index (χ0n) is 18.5. The lowest BCUT2D eigenvalue weighted by molar-refractivity contribution is 0.261. The van der Waals surface area contributed by atoms with Gasteiger partial charge in [0.2, 0.25) is 0 Å². The Morgan fingerprint density at radius 1 is 1.21 bits per heavy atom. The first-order valence-electron chi connectivity index (χ1n) is 10.4. The minimum atomic E-state index is 0.609. The average molecular weight is 401 g/mol. The standard InChI is InChI=1S/C22H36N6O/c1-6-23-22(24-11-8-12-28-19(3)15-18(2)26-28)25-17-20-9-7-10-21(16-20)29-14-13-27(4)5/h7,9-10,15-16H,6,8,11-14,17H2,1-5H3,(H2,23,24,25). The van der Waals surface area contributed by atoms with Gasteiger partial charge in [-0.15, -0.1) is 0 Å². The lowest BCUT2D eigenvalue weighted by atomic mass is 10.2. The van der Waals surface area contributed by atoms with Crippen LogP contribution in [0.4, 0.5) is 0 Å². The molecular weight excluding hydrogens is 364 g/mol. The zero-order valence-corrected chi connectivity index (χ0v) is 18.5. The van der Waals surface area contributed by atoms with Crippen molar-refractivity contribution in [3.63, 3.8) is 0 Å². The van der Waals surface area contributed by atoms with Crippen LogP contribution in [0.1, 0.15) is 30.3 Å². The zero-order chi connectivity index (χ0) is 21.1. The smallest absolute Gasteiger partial charge is 0.191 e. The number of hydrogen-bond donors (Lipinski definition) is 2. The molecule has 0 atom stereocenters. The molecule has 0 aliphatic carbocycles. The van der Waals surface area contributed by atoms with Crippen LogP contribution in [-0.2, 0) is 13.1 Å². The maximum atomic E-state index is 5.81. The Morgan fingerprint density at radius 3 is 2.72 bits per heavy atom. The van der Waals surface area contributed by atoms with E-state index in [1.807, 2.05) is 33.2 Å². The van der Waals surface area contributed by atoms with Crippen LogP contribution in [-0.4, -0.2) is 61.0 Å². The lowest BCUT2D eigenvalue weighted by Gasteiger charge is -2.13. The van der Waals surface area contributed by atoms with Gasteiger partial charge in [0.15, 0.2) is 5.96 Å². The molecule has 0 aliphatic heterocycles. The van der Waals surface area contributed by atoms with Crippen molar-refractivity contribution in [1.29, 1.82) is 0 Å². The number of nitrogens with one attached hydrogen (secondary N) is 2. The highest BCUT2D eigenvalue weighted by Crippen LogP contribution is 2.14. The monoisotopic (exact) mass is 400 g/mol. The SMILES string of the molecule is CCNC(=NCc1cccc(OCCN(C)C)c1)NCCCn1nc(C)cc1C. The number of nitrogens with zero attached hydrogens (tertiary/aromatic N) is 4. The maximum Gasteiger partial charge on any atom is 0.191 e. The van der Waals surface area contributed by atoms with Gasteiger partial charge in [0.25, 0.3) is 0 Å². The van der Waals surface area contributed by atoms with E-state index in [-0.39, 0.29) is 0 Å². The Hall–Kier alpha value is -2.54. The Balaban J connectivity index is 1.82. The molecule has 0 saturated heterocycles. The molecule has 1 aromatic carbocycles. The summed E-state index contributed by atoms with van der Waals surface area (Å²) >= 11 is 0. The minimum absolute atomic E-state index is 0.609. The summed E-state index contributed by atoms with van der Waals surface area (Å²) in [4.78, 5) is 6.82. The normalized spacial score (nSPS) is 11.7. The van der Waals surface area contributed by atoms with Gasteiger partial charge < -0.3 is 20.3 Å². The number of guanidine groups is 1. The number of ether oxygens (including phenoxy) is 1. The fourth-order valence-electron chi connectivity index (χ4n) is 2.93. The lowest BCUT2D eigenvalue weighted by Crippen LogP contribution is -2.38. The van der Waals surface area contributed by atoms with E-state index in [0.717, 1.165) is 55.6 Å². The molecule has 0 radical (unpaired) electrons. The van der Waals surface area contributed by atoms with Crippen molar-refractivity contribution in [1.82, 2.24) is 25.3 Å². The second-order valence-corrected chi connectivity index (χ2v) is 7.42. The molecule has 7 heteroatoms. The van der Waals surface area contributed by atoms with Crippen LogP contribution in [0.2, 0.25) is 0 Å². The van der Waals surface area contributed by atoms with Crippen molar-refractivity contribution in [2.45, 2.75) is 40.3 Å². The van der Waals surface area contributed by atoms with E-state index >= 15 is 0 Å². The Bertz CT molecular complexity index is 768. The summed E-state index contributed by atoms with van der Waals surface area (Å²) in [7, 11) is 4.09. The molecule has 2 N–H and O–H groups in total. The number of benzene rings is 1. The number of aliphatic imine (C=N–C) groups is 1. The van der Waals surface area contributed by atoms with Crippen molar-refractivity contribution in [3.8, 4) is 5.75 Å². The average Bonchev–Trinajstić information content (AvgIpc) is 3.00. The third-order valence-corrected chi connectivity index (χ3v) is 4.41. The van der Waals surface area contributed by atoms with Crippen LogP contribution >= 0.6 is 0 Å². The Morgan fingerprint density at radius 2 is 2.03 bits per heavy atom. The molecule has 2 aromatic rings. The molecule has 29 heavy (non-hydrogen) atoms. The van der Waals surface area contributed by atoms with Crippen LogP contribution in [0.5, 0.6) is 5.75 Å². The van der Waals surface area contributed by atoms with Crippen molar-refractivity contribution in [3.05, 3.63) is 47.3 Å². The van der Waals surface area contributed by atoms with Gasteiger partial charge in [0.1, 0.15) is 12.4 Å². The maximum absolute atomic E-state index is 5.81. The van der Waals surface area contributed by atoms with Gasteiger partial charge in [-0.25, -0.2) is 4.99 Å². The third kappa shape index (κ3) is 8.56. The molecule has 0 spiro atoms. The number of aryl methyl sites for hydroxylation is 3. The minimum Gasteiger partial charge on any atom is -0.492 e. The molecule has 0 amide bonds. The Labute approximate surface area is 175 Å². The molecule has 1 aromatic heterocycles. The number of rotatable bonds is 11. The topological polar surface area (TPSA) is 66.7 Å². The van der Waals surface area contributed by atoms with E-state index in [4.69, 9.17) is 9.73 Å². The summed E-state index contributed by atoms with van der Waals surface area (Å²) in [5.74, 6) is 1.72. The van der Waals surface area contributed by atoms with Crippen LogP contribution < -0.4 is 15.4 Å². The van der Waals surface area contributed by atoms with E-state index in [2.05, 4.69) is 57.4 Å². The molecule has 0 saturated carbocycles. The predicted octanol–water partition coefficient (Wildman–Crippen LogP) is 2.59. The van der Waals surface area contributed by atoms with Crippen molar-refractivity contribution in [2.75, 3.05) is 40.3 Å². The van der Waals surface area contributed by atoms with E-state index in [0.29, 0.717) is 13.2 Å². The van der Waals surface area contributed by atoms with Crippen LogP contribution in [0.3, 0.4) is 0 Å². The molecule has 0 aliphatic rings. The van der Waals surface area contributed by atoms with Gasteiger partial charge in [-0.2, -0.15) is 5.10 Å². The molecule has 0 fully saturated rings. The Kier molecular flexibility index (Phi) is 9.50. The van der Waals surface area contributed by atoms with Gasteiger partial charge in [0.05, 0.1) is 12.2 Å². The molecular formula is C22H36N6O. The van der Waals surface area contributed by atoms with E-state index in [9.17, 15) is 0 Å². The number of aromatic nitrogens is 2. The summed E-state index contributed by atoms with van der Waals surface area (Å²) in [6, 6.07) is 10.3. The van der Waals surface area contributed by atoms with Gasteiger partial charge >= 0.3 is 0 Å². The summed E-state index contributed by atoms with van der Waals surface area (Å²) < 4.78 is 7.87. The first-order chi connectivity index (χ1) is 14.0. The highest BCUT2D eigenvalue weighted by Gasteiger charge is 2.02. The molecule has 0 bridgehead atoms. The van der Waals surface area contributed by atoms with Crippen LogP contribution in [0.15, 0.2) is 35.3 Å². The van der Waals surface area contributed by atoms with Gasteiger partial charge in [-0.05, 0) is 65.0 Å². The second kappa shape index (κ2) is 12.1. The largest absolute Gasteiger partial charge is 0.492 e. The fourth-order valence-corrected chi connectivity index (χ4v) is 2.93. The van der Waals surface area contributed by atoms with E-state index in [1.165, 1.54) is 5.69 Å². The van der Waals surface area contributed by atoms with Gasteiger partial charge in [-0.3, -0.25) is 4.68 Å². The van der Waals surface area contributed by atoms with E-state index < -0.39 is 0 Å². The third-order valence-electron chi connectivity index (χ3n) is 4.41.